The molecule has 2 heterocycles. The zero-order valence-electron chi connectivity index (χ0n) is 21.6. The summed E-state index contributed by atoms with van der Waals surface area (Å²) in [7, 11) is 0. The lowest BCUT2D eigenvalue weighted by atomic mass is 10.1. The van der Waals surface area contributed by atoms with Gasteiger partial charge >= 0.3 is 6.03 Å². The molecule has 0 spiro atoms. The molecule has 2 aromatic carbocycles. The van der Waals surface area contributed by atoms with Gasteiger partial charge in [-0.25, -0.2) is 9.18 Å². The van der Waals surface area contributed by atoms with Gasteiger partial charge in [0.25, 0.3) is 0 Å². The molecule has 1 atom stereocenters. The molecule has 196 valence electrons. The van der Waals surface area contributed by atoms with Crippen LogP contribution in [0.1, 0.15) is 41.1 Å². The van der Waals surface area contributed by atoms with Gasteiger partial charge in [-0.05, 0) is 80.6 Å². The molecule has 8 heteroatoms. The number of nitrogens with one attached hydrogen (secondary N) is 1. The molecule has 0 bridgehead atoms. The van der Waals surface area contributed by atoms with Crippen LogP contribution in [0.15, 0.2) is 59.0 Å². The molecule has 0 saturated carbocycles. The third kappa shape index (κ3) is 7.20. The van der Waals surface area contributed by atoms with Crippen molar-refractivity contribution in [3.8, 4) is 0 Å². The highest BCUT2D eigenvalue weighted by atomic mass is 19.1. The summed E-state index contributed by atoms with van der Waals surface area (Å²) in [6.45, 7) is 7.11. The van der Waals surface area contributed by atoms with E-state index in [1.807, 2.05) is 51.1 Å². The normalized spacial score (nSPS) is 15.0. The van der Waals surface area contributed by atoms with Gasteiger partial charge < -0.3 is 24.3 Å². The predicted molar refractivity (Wildman–Crippen MR) is 140 cm³/mol. The Morgan fingerprint density at radius 2 is 1.78 bits per heavy atom. The summed E-state index contributed by atoms with van der Waals surface area (Å²) in [5.41, 5.74) is 3.54. The number of hydrogen-bond donors (Lipinski definition) is 1. The van der Waals surface area contributed by atoms with E-state index < -0.39 is 0 Å². The highest BCUT2D eigenvalue weighted by Gasteiger charge is 2.27. The molecular weight excluding hydrogens is 473 g/mol. The highest BCUT2D eigenvalue weighted by molar-refractivity contribution is 5.93. The van der Waals surface area contributed by atoms with E-state index in [0.717, 1.165) is 35.3 Å². The standard InChI is InChI=1S/C29H34FN3O4/c1-20-6-4-8-27(22(20)3)31-29(35)33(17-25-7-5-15-36-25)19-28(34)32(18-26-14-9-21(2)37-26)16-23-10-12-24(30)13-11-23/h4,6,8-14,25H,5,7,15-19H2,1-3H3,(H,31,35). The lowest BCUT2D eigenvalue weighted by Crippen LogP contribution is -2.47. The summed E-state index contributed by atoms with van der Waals surface area (Å²) in [5, 5.41) is 2.98. The molecule has 37 heavy (non-hydrogen) atoms. The number of ether oxygens (including phenoxy) is 1. The Kier molecular flexibility index (Phi) is 8.61. The van der Waals surface area contributed by atoms with Crippen LogP contribution in [0.25, 0.3) is 0 Å². The van der Waals surface area contributed by atoms with Crippen LogP contribution in [-0.4, -0.2) is 47.5 Å². The molecule has 1 aliphatic heterocycles. The van der Waals surface area contributed by atoms with Gasteiger partial charge in [0, 0.05) is 25.4 Å². The second-order valence-corrected chi connectivity index (χ2v) is 9.58. The Morgan fingerprint density at radius 3 is 2.46 bits per heavy atom. The van der Waals surface area contributed by atoms with Crippen molar-refractivity contribution in [1.82, 2.24) is 9.80 Å². The maximum atomic E-state index is 13.6. The number of carbonyl (C=O) groups is 2. The summed E-state index contributed by atoms with van der Waals surface area (Å²) in [5.74, 6) is 0.803. The third-order valence-electron chi connectivity index (χ3n) is 6.69. The van der Waals surface area contributed by atoms with E-state index in [-0.39, 0.29) is 43.5 Å². The van der Waals surface area contributed by atoms with E-state index in [1.54, 1.807) is 17.0 Å². The average Bonchev–Trinajstić information content (AvgIpc) is 3.54. The largest absolute Gasteiger partial charge is 0.464 e. The van der Waals surface area contributed by atoms with E-state index in [1.165, 1.54) is 17.0 Å². The fraction of sp³-hybridized carbons (Fsp3) is 0.379. The minimum Gasteiger partial charge on any atom is -0.464 e. The number of halogens is 1. The highest BCUT2D eigenvalue weighted by Crippen LogP contribution is 2.20. The van der Waals surface area contributed by atoms with E-state index in [9.17, 15) is 14.0 Å². The molecule has 1 unspecified atom stereocenters. The van der Waals surface area contributed by atoms with E-state index in [0.29, 0.717) is 24.6 Å². The number of amides is 3. The van der Waals surface area contributed by atoms with Crippen molar-refractivity contribution in [2.24, 2.45) is 0 Å². The first-order valence-corrected chi connectivity index (χ1v) is 12.6. The fourth-order valence-corrected chi connectivity index (χ4v) is 4.40. The van der Waals surface area contributed by atoms with Crippen molar-refractivity contribution < 1.29 is 23.1 Å². The molecule has 1 saturated heterocycles. The molecular formula is C29H34FN3O4. The molecule has 1 fully saturated rings. The molecule has 7 nitrogen and oxygen atoms in total. The van der Waals surface area contributed by atoms with Gasteiger partial charge in [-0.15, -0.1) is 0 Å². The minimum atomic E-state index is -0.354. The number of anilines is 1. The molecule has 0 radical (unpaired) electrons. The van der Waals surface area contributed by atoms with E-state index >= 15 is 0 Å². The Morgan fingerprint density at radius 1 is 1.00 bits per heavy atom. The second kappa shape index (κ2) is 12.1. The monoisotopic (exact) mass is 507 g/mol. The Labute approximate surface area is 217 Å². The van der Waals surface area contributed by atoms with Gasteiger partial charge in [0.05, 0.1) is 12.6 Å². The number of carbonyl (C=O) groups excluding carboxylic acids is 2. The van der Waals surface area contributed by atoms with Crippen LogP contribution in [0.5, 0.6) is 0 Å². The summed E-state index contributed by atoms with van der Waals surface area (Å²) in [4.78, 5) is 30.2. The number of aryl methyl sites for hydroxylation is 2. The van der Waals surface area contributed by atoms with Crippen LogP contribution in [0.2, 0.25) is 0 Å². The van der Waals surface area contributed by atoms with Gasteiger partial charge in [-0.3, -0.25) is 4.79 Å². The number of benzene rings is 2. The van der Waals surface area contributed by atoms with Crippen LogP contribution < -0.4 is 5.32 Å². The first-order valence-electron chi connectivity index (χ1n) is 12.6. The zero-order valence-corrected chi connectivity index (χ0v) is 21.6. The van der Waals surface area contributed by atoms with Crippen LogP contribution in [0.3, 0.4) is 0 Å². The van der Waals surface area contributed by atoms with Gasteiger partial charge in [0.15, 0.2) is 0 Å². The van der Waals surface area contributed by atoms with Crippen LogP contribution in [-0.2, 0) is 22.6 Å². The predicted octanol–water partition coefficient (Wildman–Crippen LogP) is 5.59. The first-order chi connectivity index (χ1) is 17.8. The van der Waals surface area contributed by atoms with E-state index in [2.05, 4.69) is 5.32 Å². The number of rotatable bonds is 9. The van der Waals surface area contributed by atoms with Crippen molar-refractivity contribution in [3.63, 3.8) is 0 Å². The van der Waals surface area contributed by atoms with Crippen molar-refractivity contribution in [2.45, 2.75) is 52.8 Å². The van der Waals surface area contributed by atoms with Gasteiger partial charge in [0.1, 0.15) is 23.9 Å². The second-order valence-electron chi connectivity index (χ2n) is 9.58. The summed E-state index contributed by atoms with van der Waals surface area (Å²) in [6, 6.07) is 15.1. The number of hydrogen-bond acceptors (Lipinski definition) is 4. The van der Waals surface area contributed by atoms with Gasteiger partial charge in [-0.1, -0.05) is 24.3 Å². The fourth-order valence-electron chi connectivity index (χ4n) is 4.40. The van der Waals surface area contributed by atoms with Crippen molar-refractivity contribution >= 4 is 17.6 Å². The van der Waals surface area contributed by atoms with Crippen LogP contribution >= 0.6 is 0 Å². The Balaban J connectivity index is 1.54. The summed E-state index contributed by atoms with van der Waals surface area (Å²) in [6.07, 6.45) is 1.65. The number of furan rings is 1. The smallest absolute Gasteiger partial charge is 0.322 e. The van der Waals surface area contributed by atoms with E-state index in [4.69, 9.17) is 9.15 Å². The molecule has 3 amide bonds. The van der Waals surface area contributed by atoms with Gasteiger partial charge in [0.2, 0.25) is 5.91 Å². The molecule has 1 aromatic heterocycles. The number of urea groups is 1. The Bertz CT molecular complexity index is 1220. The first kappa shape index (κ1) is 26.4. The minimum absolute atomic E-state index is 0.115. The van der Waals surface area contributed by atoms with Crippen LogP contribution in [0, 0.1) is 26.6 Å². The SMILES string of the molecule is Cc1ccc(CN(Cc2ccc(F)cc2)C(=O)CN(CC2CCCO2)C(=O)Nc2cccc(C)c2C)o1. The van der Waals surface area contributed by atoms with Crippen molar-refractivity contribution in [3.05, 3.63) is 88.6 Å². The summed E-state index contributed by atoms with van der Waals surface area (Å²) < 4.78 is 25.0. The quantitative estimate of drug-likeness (QED) is 0.410. The van der Waals surface area contributed by atoms with Crippen LogP contribution in [0.4, 0.5) is 14.9 Å². The summed E-state index contributed by atoms with van der Waals surface area (Å²) >= 11 is 0. The molecule has 0 aliphatic carbocycles. The molecule has 1 aliphatic rings. The van der Waals surface area contributed by atoms with Crippen molar-refractivity contribution in [1.29, 1.82) is 0 Å². The van der Waals surface area contributed by atoms with Gasteiger partial charge in [-0.2, -0.15) is 0 Å². The third-order valence-corrected chi connectivity index (χ3v) is 6.69. The molecule has 4 rings (SSSR count). The lowest BCUT2D eigenvalue weighted by Gasteiger charge is -2.29. The lowest BCUT2D eigenvalue weighted by molar-refractivity contribution is -0.133. The maximum absolute atomic E-state index is 13.6. The molecule has 1 N–H and O–H groups in total. The zero-order chi connectivity index (χ0) is 26.4. The number of nitrogens with zero attached hydrogens (tertiary/aromatic N) is 2. The molecule has 3 aromatic rings. The average molecular weight is 508 g/mol. The van der Waals surface area contributed by atoms with Crippen molar-refractivity contribution in [2.75, 3.05) is 25.0 Å². The Hall–Kier alpha value is -3.65. The maximum Gasteiger partial charge on any atom is 0.322 e. The topological polar surface area (TPSA) is 75.0 Å².